The number of nitrogens with one attached hydrogen (secondary N) is 1. The highest BCUT2D eigenvalue weighted by molar-refractivity contribution is 4.81. The molecule has 3 nitrogen and oxygen atoms in total. The smallest absolute Gasteiger partial charge is 0.0731 e. The van der Waals surface area contributed by atoms with E-state index in [0.717, 1.165) is 32.6 Å². The lowest BCUT2D eigenvalue weighted by molar-refractivity contribution is -0.0809. The Morgan fingerprint density at radius 1 is 1.06 bits per heavy atom. The van der Waals surface area contributed by atoms with Gasteiger partial charge in [-0.1, -0.05) is 26.2 Å². The van der Waals surface area contributed by atoms with Crippen LogP contribution in [0.2, 0.25) is 0 Å². The Kier molecular flexibility index (Phi) is 5.75. The van der Waals surface area contributed by atoms with Crippen molar-refractivity contribution in [3.63, 3.8) is 0 Å². The van der Waals surface area contributed by atoms with Gasteiger partial charge < -0.3 is 14.8 Å². The van der Waals surface area contributed by atoms with Crippen molar-refractivity contribution in [3.05, 3.63) is 0 Å². The minimum Gasteiger partial charge on any atom is -0.381 e. The van der Waals surface area contributed by atoms with E-state index < -0.39 is 0 Å². The van der Waals surface area contributed by atoms with Crippen LogP contribution in [0.25, 0.3) is 0 Å². The third-order valence-corrected chi connectivity index (χ3v) is 3.95. The number of rotatable bonds is 4. The van der Waals surface area contributed by atoms with Gasteiger partial charge in [-0.15, -0.1) is 0 Å². The lowest BCUT2D eigenvalue weighted by Gasteiger charge is -2.32. The Morgan fingerprint density at radius 2 is 1.82 bits per heavy atom. The highest BCUT2D eigenvalue weighted by Crippen LogP contribution is 2.24. The first-order valence-corrected chi connectivity index (χ1v) is 7.36. The van der Waals surface area contributed by atoms with Crippen LogP contribution < -0.4 is 5.32 Å². The summed E-state index contributed by atoms with van der Waals surface area (Å²) in [6, 6.07) is 0.574. The van der Waals surface area contributed by atoms with Gasteiger partial charge in [-0.2, -0.15) is 0 Å². The van der Waals surface area contributed by atoms with Crippen molar-refractivity contribution in [1.29, 1.82) is 0 Å². The summed E-state index contributed by atoms with van der Waals surface area (Å²) in [7, 11) is 0. The molecule has 0 radical (unpaired) electrons. The first-order valence-electron chi connectivity index (χ1n) is 7.36. The van der Waals surface area contributed by atoms with E-state index in [1.165, 1.54) is 32.1 Å². The topological polar surface area (TPSA) is 30.5 Å². The van der Waals surface area contributed by atoms with Gasteiger partial charge in [0.15, 0.2) is 0 Å². The second kappa shape index (κ2) is 7.34. The third-order valence-electron chi connectivity index (χ3n) is 3.95. The lowest BCUT2D eigenvalue weighted by atomic mass is 10.0. The van der Waals surface area contributed by atoms with Crippen LogP contribution in [0.15, 0.2) is 0 Å². The van der Waals surface area contributed by atoms with Crippen molar-refractivity contribution < 1.29 is 9.47 Å². The van der Waals surface area contributed by atoms with E-state index in [1.54, 1.807) is 0 Å². The molecule has 0 aromatic rings. The number of hydrogen-bond acceptors (Lipinski definition) is 3. The predicted molar refractivity (Wildman–Crippen MR) is 69.3 cm³/mol. The quantitative estimate of drug-likeness (QED) is 0.767. The molecule has 1 aliphatic carbocycles. The fourth-order valence-electron chi connectivity index (χ4n) is 2.99. The molecule has 2 fully saturated rings. The number of ether oxygens (including phenoxy) is 2. The minimum absolute atomic E-state index is 0.431. The minimum atomic E-state index is 0.431. The molecular formula is C14H27NO2. The molecule has 0 aromatic heterocycles. The molecule has 1 saturated heterocycles. The van der Waals surface area contributed by atoms with E-state index in [0.29, 0.717) is 18.2 Å². The highest BCUT2D eigenvalue weighted by Gasteiger charge is 2.27. The molecule has 1 saturated carbocycles. The Bertz CT molecular complexity index is 204. The number of hydrogen-bond donors (Lipinski definition) is 1. The first kappa shape index (κ1) is 13.3. The number of likely N-dealkylation sites (N-methyl/N-ethyl adjacent to an activating group) is 1. The highest BCUT2D eigenvalue weighted by atomic mass is 16.5. The SMILES string of the molecule is CCNC1CCCCCC1OC1CCOCC1. The van der Waals surface area contributed by atoms with Crippen molar-refractivity contribution in [1.82, 2.24) is 5.32 Å². The summed E-state index contributed by atoms with van der Waals surface area (Å²) >= 11 is 0. The zero-order chi connectivity index (χ0) is 11.9. The normalized spacial score (nSPS) is 32.3. The Hall–Kier alpha value is -0.120. The molecule has 100 valence electrons. The average molecular weight is 241 g/mol. The largest absolute Gasteiger partial charge is 0.381 e. The maximum atomic E-state index is 6.33. The van der Waals surface area contributed by atoms with Crippen LogP contribution in [0.3, 0.4) is 0 Å². The zero-order valence-electron chi connectivity index (χ0n) is 11.1. The van der Waals surface area contributed by atoms with Crippen LogP contribution >= 0.6 is 0 Å². The molecule has 3 heteroatoms. The molecule has 2 unspecified atom stereocenters. The molecule has 0 spiro atoms. The molecule has 0 aromatic carbocycles. The Balaban J connectivity index is 1.84. The maximum absolute atomic E-state index is 6.33. The van der Waals surface area contributed by atoms with Crippen LogP contribution in [0, 0.1) is 0 Å². The van der Waals surface area contributed by atoms with Crippen molar-refractivity contribution in [2.75, 3.05) is 19.8 Å². The average Bonchev–Trinajstić information content (AvgIpc) is 2.57. The van der Waals surface area contributed by atoms with E-state index in [2.05, 4.69) is 12.2 Å². The van der Waals surface area contributed by atoms with Gasteiger partial charge in [0.05, 0.1) is 12.2 Å². The summed E-state index contributed by atoms with van der Waals surface area (Å²) in [5.74, 6) is 0. The van der Waals surface area contributed by atoms with E-state index in [-0.39, 0.29) is 0 Å². The summed E-state index contributed by atoms with van der Waals surface area (Å²) in [6.07, 6.45) is 9.59. The Labute approximate surface area is 105 Å². The summed E-state index contributed by atoms with van der Waals surface area (Å²) in [5.41, 5.74) is 0. The summed E-state index contributed by atoms with van der Waals surface area (Å²) in [4.78, 5) is 0. The van der Waals surface area contributed by atoms with Crippen LogP contribution in [0.4, 0.5) is 0 Å². The van der Waals surface area contributed by atoms with Gasteiger partial charge in [-0.25, -0.2) is 0 Å². The summed E-state index contributed by atoms with van der Waals surface area (Å²) in [6.45, 7) is 5.00. The predicted octanol–water partition coefficient (Wildman–Crippen LogP) is 2.49. The van der Waals surface area contributed by atoms with E-state index in [4.69, 9.17) is 9.47 Å². The van der Waals surface area contributed by atoms with Gasteiger partial charge in [0, 0.05) is 19.3 Å². The van der Waals surface area contributed by atoms with Gasteiger partial charge in [-0.05, 0) is 32.2 Å². The zero-order valence-corrected chi connectivity index (χ0v) is 11.1. The fraction of sp³-hybridized carbons (Fsp3) is 1.00. The summed E-state index contributed by atoms with van der Waals surface area (Å²) < 4.78 is 11.7. The van der Waals surface area contributed by atoms with Crippen molar-refractivity contribution in [3.8, 4) is 0 Å². The third kappa shape index (κ3) is 4.23. The maximum Gasteiger partial charge on any atom is 0.0731 e. The first-order chi connectivity index (χ1) is 8.40. The summed E-state index contributed by atoms with van der Waals surface area (Å²) in [5, 5.41) is 3.61. The molecule has 1 aliphatic heterocycles. The molecule has 17 heavy (non-hydrogen) atoms. The van der Waals surface area contributed by atoms with Gasteiger partial charge in [0.2, 0.25) is 0 Å². The second-order valence-corrected chi connectivity index (χ2v) is 5.29. The van der Waals surface area contributed by atoms with E-state index in [1.807, 2.05) is 0 Å². The van der Waals surface area contributed by atoms with Gasteiger partial charge in [0.25, 0.3) is 0 Å². The van der Waals surface area contributed by atoms with Gasteiger partial charge >= 0.3 is 0 Å². The molecule has 0 amide bonds. The fourth-order valence-corrected chi connectivity index (χ4v) is 2.99. The molecule has 2 atom stereocenters. The molecule has 2 rings (SSSR count). The van der Waals surface area contributed by atoms with Crippen LogP contribution in [-0.2, 0) is 9.47 Å². The molecule has 1 heterocycles. The second-order valence-electron chi connectivity index (χ2n) is 5.29. The van der Waals surface area contributed by atoms with E-state index in [9.17, 15) is 0 Å². The van der Waals surface area contributed by atoms with Crippen LogP contribution in [0.1, 0.15) is 51.9 Å². The van der Waals surface area contributed by atoms with Crippen molar-refractivity contribution in [2.24, 2.45) is 0 Å². The van der Waals surface area contributed by atoms with E-state index >= 15 is 0 Å². The monoisotopic (exact) mass is 241 g/mol. The Morgan fingerprint density at radius 3 is 2.59 bits per heavy atom. The van der Waals surface area contributed by atoms with Gasteiger partial charge in [-0.3, -0.25) is 0 Å². The van der Waals surface area contributed by atoms with Gasteiger partial charge in [0.1, 0.15) is 0 Å². The molecular weight excluding hydrogens is 214 g/mol. The van der Waals surface area contributed by atoms with Crippen molar-refractivity contribution in [2.45, 2.75) is 70.1 Å². The molecule has 2 aliphatic rings. The lowest BCUT2D eigenvalue weighted by Crippen LogP contribution is -2.43. The standard InChI is InChI=1S/C14H27NO2/c1-2-15-13-6-4-3-5-7-14(13)17-12-8-10-16-11-9-12/h12-15H,2-11H2,1H3. The van der Waals surface area contributed by atoms with Crippen molar-refractivity contribution >= 4 is 0 Å². The molecule has 1 N–H and O–H groups in total. The van der Waals surface area contributed by atoms with Crippen LogP contribution in [-0.4, -0.2) is 38.0 Å². The van der Waals surface area contributed by atoms with Crippen LogP contribution in [0.5, 0.6) is 0 Å². The molecule has 0 bridgehead atoms.